The van der Waals surface area contributed by atoms with Crippen LogP contribution in [0.2, 0.25) is 5.02 Å². The van der Waals surface area contributed by atoms with Crippen LogP contribution in [0.15, 0.2) is 41.7 Å². The van der Waals surface area contributed by atoms with Crippen molar-refractivity contribution in [1.29, 1.82) is 5.26 Å². The molecule has 0 saturated heterocycles. The van der Waals surface area contributed by atoms with Gasteiger partial charge in [0.2, 0.25) is 17.7 Å². The highest BCUT2D eigenvalue weighted by Gasteiger charge is 2.25. The van der Waals surface area contributed by atoms with Gasteiger partial charge in [-0.15, -0.1) is 0 Å². The molecule has 0 aliphatic carbocycles. The van der Waals surface area contributed by atoms with Crippen molar-refractivity contribution in [3.05, 3.63) is 47.4 Å². The Morgan fingerprint density at radius 3 is 2.58 bits per heavy atom. The maximum atomic E-state index is 13.2. The largest absolute Gasteiger partial charge is 0.481 e. The minimum atomic E-state index is -4.12. The first-order chi connectivity index (χ1) is 15.9. The minimum Gasteiger partial charge on any atom is -0.481 e. The van der Waals surface area contributed by atoms with Crippen molar-refractivity contribution in [2.24, 2.45) is 0 Å². The Hall–Kier alpha value is -3.82. The molecule has 13 heteroatoms. The lowest BCUT2D eigenvalue weighted by Crippen LogP contribution is -2.16. The van der Waals surface area contributed by atoms with Gasteiger partial charge >= 0.3 is 0 Å². The Labute approximate surface area is 194 Å². The summed E-state index contributed by atoms with van der Waals surface area (Å²) in [6.07, 6.45) is 5.13. The lowest BCUT2D eigenvalue weighted by Gasteiger charge is -2.13. The summed E-state index contributed by atoms with van der Waals surface area (Å²) in [6, 6.07) is 6.96. The smallest absolute Gasteiger partial charge is 0.266 e. The van der Waals surface area contributed by atoms with Crippen LogP contribution in [0.5, 0.6) is 11.8 Å². The van der Waals surface area contributed by atoms with Gasteiger partial charge in [0.25, 0.3) is 10.0 Å². The Morgan fingerprint density at radius 2 is 1.97 bits per heavy atom. The number of ether oxygens (including phenoxy) is 2. The van der Waals surface area contributed by atoms with Crippen molar-refractivity contribution in [2.75, 3.05) is 18.9 Å². The summed E-state index contributed by atoms with van der Waals surface area (Å²) in [5.41, 5.74) is 1.48. The van der Waals surface area contributed by atoms with E-state index in [4.69, 9.17) is 26.3 Å². The molecule has 3 aromatic heterocycles. The zero-order valence-electron chi connectivity index (χ0n) is 17.5. The summed E-state index contributed by atoms with van der Waals surface area (Å²) >= 11 is 6.35. The molecule has 0 bridgehead atoms. The van der Waals surface area contributed by atoms with Crippen LogP contribution >= 0.6 is 11.6 Å². The van der Waals surface area contributed by atoms with Crippen molar-refractivity contribution in [3.8, 4) is 23.5 Å². The average Bonchev–Trinajstić information content (AvgIpc) is 3.47. The van der Waals surface area contributed by atoms with Crippen LogP contribution in [-0.4, -0.2) is 47.4 Å². The van der Waals surface area contributed by atoms with E-state index in [1.54, 1.807) is 35.3 Å². The summed E-state index contributed by atoms with van der Waals surface area (Å²) in [4.78, 5) is 11.2. The molecule has 3 heterocycles. The first kappa shape index (κ1) is 22.4. The number of nitrogens with zero attached hydrogens (tertiary/aromatic N) is 5. The second-order valence-corrected chi connectivity index (χ2v) is 8.79. The van der Waals surface area contributed by atoms with Crippen molar-refractivity contribution >= 4 is 38.5 Å². The lowest BCUT2D eigenvalue weighted by atomic mass is 10.2. The van der Waals surface area contributed by atoms with Crippen LogP contribution in [0.1, 0.15) is 12.0 Å². The number of benzene rings is 1. The van der Waals surface area contributed by atoms with Gasteiger partial charge in [-0.05, 0) is 24.6 Å². The molecule has 0 unspecified atom stereocenters. The second kappa shape index (κ2) is 8.97. The molecule has 0 saturated carbocycles. The van der Waals surface area contributed by atoms with Crippen LogP contribution in [0.25, 0.3) is 16.6 Å². The van der Waals surface area contributed by atoms with Gasteiger partial charge in [0, 0.05) is 30.4 Å². The van der Waals surface area contributed by atoms with E-state index in [1.165, 1.54) is 20.4 Å². The predicted octanol–water partition coefficient (Wildman–Crippen LogP) is 3.07. The third-order valence-electron chi connectivity index (χ3n) is 4.80. The van der Waals surface area contributed by atoms with Crippen molar-refractivity contribution in [2.45, 2.75) is 17.7 Å². The molecular weight excluding hydrogens is 470 g/mol. The van der Waals surface area contributed by atoms with Crippen LogP contribution in [0, 0.1) is 11.3 Å². The van der Waals surface area contributed by atoms with Crippen molar-refractivity contribution in [1.82, 2.24) is 24.7 Å². The standard InChI is InChI=1S/C20H18ClN7O4S/c1-31-18-13(5-3-8-22)19(32-2)26-20(25-18)27-33(29,30)15-11-23-16-12(15)6-7-14(21)17(16)28-10-4-9-24-28/h4,6-7,9-11,23H,3,5H2,1-2H3,(H,25,26,27). The number of rotatable bonds is 8. The number of halogens is 1. The maximum absolute atomic E-state index is 13.2. The first-order valence-electron chi connectivity index (χ1n) is 9.58. The van der Waals surface area contributed by atoms with Crippen LogP contribution in [0.4, 0.5) is 5.95 Å². The van der Waals surface area contributed by atoms with Gasteiger partial charge in [-0.2, -0.15) is 20.3 Å². The number of sulfonamides is 1. The van der Waals surface area contributed by atoms with E-state index < -0.39 is 10.0 Å². The van der Waals surface area contributed by atoms with Crippen LogP contribution in [-0.2, 0) is 16.4 Å². The molecule has 170 valence electrons. The summed E-state index contributed by atoms with van der Waals surface area (Å²) < 4.78 is 40.9. The van der Waals surface area contributed by atoms with Gasteiger partial charge in [0.1, 0.15) is 10.6 Å². The molecule has 1 aromatic carbocycles. The number of nitrogens with one attached hydrogen (secondary N) is 2. The molecular formula is C20H18ClN7O4S. The third kappa shape index (κ3) is 4.15. The Balaban J connectivity index is 1.76. The van der Waals surface area contributed by atoms with Gasteiger partial charge in [-0.1, -0.05) is 11.6 Å². The fourth-order valence-corrected chi connectivity index (χ4v) is 4.74. The number of fused-ring (bicyclic) bond motifs is 1. The van der Waals surface area contributed by atoms with E-state index in [-0.39, 0.29) is 35.4 Å². The molecule has 0 fully saturated rings. The van der Waals surface area contributed by atoms with Gasteiger partial charge in [0.15, 0.2) is 0 Å². The highest BCUT2D eigenvalue weighted by atomic mass is 35.5. The topological polar surface area (TPSA) is 148 Å². The first-order valence-corrected chi connectivity index (χ1v) is 11.4. The van der Waals surface area contributed by atoms with E-state index in [0.717, 1.165) is 0 Å². The number of nitriles is 1. The zero-order valence-corrected chi connectivity index (χ0v) is 19.1. The number of anilines is 1. The third-order valence-corrected chi connectivity index (χ3v) is 6.47. The SMILES string of the molecule is COc1nc(NS(=O)(=O)c2c[nH]c3c(-n4cccn4)c(Cl)ccc23)nc(OC)c1CCC#N. The van der Waals surface area contributed by atoms with Gasteiger partial charge in [-0.25, -0.2) is 17.8 Å². The molecule has 2 N–H and O–H groups in total. The van der Waals surface area contributed by atoms with Crippen LogP contribution in [0.3, 0.4) is 0 Å². The van der Waals surface area contributed by atoms with Gasteiger partial charge < -0.3 is 14.5 Å². The number of methoxy groups -OCH3 is 2. The maximum Gasteiger partial charge on any atom is 0.266 e. The summed E-state index contributed by atoms with van der Waals surface area (Å²) in [7, 11) is -1.35. The monoisotopic (exact) mass is 487 g/mol. The molecule has 0 radical (unpaired) electrons. The van der Waals surface area contributed by atoms with E-state index in [9.17, 15) is 8.42 Å². The van der Waals surface area contributed by atoms with E-state index >= 15 is 0 Å². The van der Waals surface area contributed by atoms with E-state index in [2.05, 4.69) is 24.8 Å². The van der Waals surface area contributed by atoms with E-state index in [0.29, 0.717) is 27.2 Å². The average molecular weight is 488 g/mol. The molecule has 0 aliphatic rings. The fourth-order valence-electron chi connectivity index (χ4n) is 3.38. The summed E-state index contributed by atoms with van der Waals surface area (Å²) in [5, 5.41) is 13.9. The molecule has 4 aromatic rings. The lowest BCUT2D eigenvalue weighted by molar-refractivity contribution is 0.364. The van der Waals surface area contributed by atoms with E-state index in [1.807, 2.05) is 6.07 Å². The van der Waals surface area contributed by atoms with Gasteiger partial charge in [0.05, 0.1) is 36.4 Å². The van der Waals surface area contributed by atoms with Crippen LogP contribution < -0.4 is 14.2 Å². The Morgan fingerprint density at radius 1 is 1.24 bits per heavy atom. The summed E-state index contributed by atoms with van der Waals surface area (Å²) in [5.74, 6) is -0.0111. The van der Waals surface area contributed by atoms with Gasteiger partial charge in [-0.3, -0.25) is 0 Å². The molecule has 0 amide bonds. The molecule has 0 atom stereocenters. The number of hydrogen-bond donors (Lipinski definition) is 2. The van der Waals surface area contributed by atoms with Crippen molar-refractivity contribution < 1.29 is 17.9 Å². The fraction of sp³-hybridized carbons (Fsp3) is 0.200. The molecule has 0 aliphatic heterocycles. The Kier molecular flexibility index (Phi) is 6.08. The highest BCUT2D eigenvalue weighted by Crippen LogP contribution is 2.34. The molecule has 4 rings (SSSR count). The number of hydrogen-bond acceptors (Lipinski definition) is 8. The second-order valence-electron chi connectivity index (χ2n) is 6.73. The highest BCUT2D eigenvalue weighted by molar-refractivity contribution is 7.93. The number of H-pyrrole nitrogens is 1. The molecule has 33 heavy (non-hydrogen) atoms. The summed E-state index contributed by atoms with van der Waals surface area (Å²) in [6.45, 7) is 0. The predicted molar refractivity (Wildman–Crippen MR) is 120 cm³/mol. The zero-order chi connectivity index (χ0) is 23.6. The quantitative estimate of drug-likeness (QED) is 0.385. The van der Waals surface area contributed by atoms with Crippen molar-refractivity contribution in [3.63, 3.8) is 0 Å². The number of aromatic amines is 1. The molecule has 11 nitrogen and oxygen atoms in total. The minimum absolute atomic E-state index is 0.0299. The number of aromatic nitrogens is 5. The normalized spacial score (nSPS) is 11.3. The molecule has 0 spiro atoms. The Bertz CT molecular complexity index is 1430.